The molecule has 0 aliphatic heterocycles. The van der Waals surface area contributed by atoms with Crippen molar-refractivity contribution < 1.29 is 4.39 Å². The topological polar surface area (TPSA) is 0 Å². The van der Waals surface area contributed by atoms with Crippen molar-refractivity contribution in [1.82, 2.24) is 0 Å². The van der Waals surface area contributed by atoms with E-state index in [0.29, 0.717) is 12.3 Å². The zero-order chi connectivity index (χ0) is 13.7. The lowest BCUT2D eigenvalue weighted by Crippen LogP contribution is -2.11. The fraction of sp³-hybridized carbons (Fsp3) is 0.250. The maximum Gasteiger partial charge on any atom is 0.126 e. The molecule has 0 aliphatic rings. The van der Waals surface area contributed by atoms with Gasteiger partial charge in [0.25, 0.3) is 0 Å². The van der Waals surface area contributed by atoms with Gasteiger partial charge in [-0.3, -0.25) is 0 Å². The van der Waals surface area contributed by atoms with Crippen molar-refractivity contribution in [3.8, 4) is 0 Å². The Morgan fingerprint density at radius 3 is 2.47 bits per heavy atom. The molecule has 1 atom stereocenters. The molecule has 2 rings (SSSR count). The van der Waals surface area contributed by atoms with Gasteiger partial charge < -0.3 is 0 Å². The summed E-state index contributed by atoms with van der Waals surface area (Å²) in [6, 6.07) is 15.2. The molecular formula is C16H15BrClF. The monoisotopic (exact) mass is 340 g/mol. The van der Waals surface area contributed by atoms with Crippen LogP contribution in [-0.4, -0.2) is 5.88 Å². The average Bonchev–Trinajstić information content (AvgIpc) is 2.43. The van der Waals surface area contributed by atoms with E-state index in [1.807, 2.05) is 24.3 Å². The van der Waals surface area contributed by atoms with Crippen LogP contribution in [0, 0.1) is 11.7 Å². The van der Waals surface area contributed by atoms with Crippen molar-refractivity contribution in [3.63, 3.8) is 0 Å². The Morgan fingerprint density at radius 2 is 1.79 bits per heavy atom. The molecule has 1 unspecified atom stereocenters. The maximum absolute atomic E-state index is 13.7. The minimum atomic E-state index is -0.161. The lowest BCUT2D eigenvalue weighted by atomic mass is 9.94. The zero-order valence-corrected chi connectivity index (χ0v) is 12.8. The van der Waals surface area contributed by atoms with E-state index in [-0.39, 0.29) is 11.7 Å². The molecule has 2 aromatic carbocycles. The molecule has 0 fully saturated rings. The first kappa shape index (κ1) is 14.5. The van der Waals surface area contributed by atoms with Gasteiger partial charge in [0.1, 0.15) is 5.82 Å². The van der Waals surface area contributed by atoms with E-state index in [4.69, 9.17) is 11.6 Å². The number of benzene rings is 2. The second-order valence-corrected chi connectivity index (χ2v) is 5.87. The SMILES string of the molecule is Fc1ccc(Br)cc1CC(CCl)Cc1ccccc1. The van der Waals surface area contributed by atoms with Crippen LogP contribution in [0.15, 0.2) is 53.0 Å². The van der Waals surface area contributed by atoms with Crippen molar-refractivity contribution in [3.05, 3.63) is 69.9 Å². The van der Waals surface area contributed by atoms with E-state index in [2.05, 4.69) is 28.1 Å². The molecule has 0 saturated carbocycles. The number of rotatable bonds is 5. The quantitative estimate of drug-likeness (QED) is 0.653. The van der Waals surface area contributed by atoms with Crippen LogP contribution in [0.3, 0.4) is 0 Å². The predicted octanol–water partition coefficient (Wildman–Crippen LogP) is 5.23. The second kappa shape index (κ2) is 7.06. The van der Waals surface area contributed by atoms with Crippen LogP contribution >= 0.6 is 27.5 Å². The van der Waals surface area contributed by atoms with Crippen LogP contribution in [0.2, 0.25) is 0 Å². The molecule has 0 saturated heterocycles. The Balaban J connectivity index is 2.09. The molecule has 0 amide bonds. The summed E-state index contributed by atoms with van der Waals surface area (Å²) in [4.78, 5) is 0. The van der Waals surface area contributed by atoms with Gasteiger partial charge >= 0.3 is 0 Å². The highest BCUT2D eigenvalue weighted by atomic mass is 79.9. The highest BCUT2D eigenvalue weighted by Crippen LogP contribution is 2.21. The van der Waals surface area contributed by atoms with E-state index < -0.39 is 0 Å². The average molecular weight is 342 g/mol. The van der Waals surface area contributed by atoms with Crippen molar-refractivity contribution in [2.24, 2.45) is 5.92 Å². The van der Waals surface area contributed by atoms with Gasteiger partial charge in [0, 0.05) is 10.4 Å². The summed E-state index contributed by atoms with van der Waals surface area (Å²) >= 11 is 9.40. The summed E-state index contributed by atoms with van der Waals surface area (Å²) in [6.45, 7) is 0. The Hall–Kier alpha value is -0.860. The summed E-state index contributed by atoms with van der Waals surface area (Å²) in [5.41, 5.74) is 1.96. The fourth-order valence-corrected chi connectivity index (χ4v) is 2.77. The highest BCUT2D eigenvalue weighted by Gasteiger charge is 2.12. The van der Waals surface area contributed by atoms with Crippen molar-refractivity contribution in [2.75, 3.05) is 5.88 Å². The van der Waals surface area contributed by atoms with E-state index in [0.717, 1.165) is 16.5 Å². The van der Waals surface area contributed by atoms with E-state index >= 15 is 0 Å². The smallest absolute Gasteiger partial charge is 0.126 e. The highest BCUT2D eigenvalue weighted by molar-refractivity contribution is 9.10. The Labute approximate surface area is 126 Å². The second-order valence-electron chi connectivity index (χ2n) is 4.65. The van der Waals surface area contributed by atoms with Gasteiger partial charge in [-0.15, -0.1) is 11.6 Å². The van der Waals surface area contributed by atoms with E-state index in [1.165, 1.54) is 11.6 Å². The zero-order valence-electron chi connectivity index (χ0n) is 10.5. The summed E-state index contributed by atoms with van der Waals surface area (Å²) in [7, 11) is 0. The van der Waals surface area contributed by atoms with Crippen LogP contribution in [0.1, 0.15) is 11.1 Å². The van der Waals surface area contributed by atoms with Crippen LogP contribution in [-0.2, 0) is 12.8 Å². The van der Waals surface area contributed by atoms with Gasteiger partial charge in [0.15, 0.2) is 0 Å². The van der Waals surface area contributed by atoms with Gasteiger partial charge in [-0.05, 0) is 48.1 Å². The van der Waals surface area contributed by atoms with Crippen LogP contribution in [0.4, 0.5) is 4.39 Å². The summed E-state index contributed by atoms with van der Waals surface area (Å²) < 4.78 is 14.6. The first-order valence-corrected chi connectivity index (χ1v) is 7.55. The molecule has 0 spiro atoms. The predicted molar refractivity (Wildman–Crippen MR) is 82.2 cm³/mol. The third kappa shape index (κ3) is 4.32. The number of alkyl halides is 1. The number of hydrogen-bond acceptors (Lipinski definition) is 0. The number of hydrogen-bond donors (Lipinski definition) is 0. The van der Waals surface area contributed by atoms with Crippen LogP contribution in [0.25, 0.3) is 0 Å². The van der Waals surface area contributed by atoms with Gasteiger partial charge in [-0.1, -0.05) is 46.3 Å². The minimum Gasteiger partial charge on any atom is -0.207 e. The van der Waals surface area contributed by atoms with Crippen molar-refractivity contribution in [1.29, 1.82) is 0 Å². The molecule has 0 aromatic heterocycles. The minimum absolute atomic E-state index is 0.161. The lowest BCUT2D eigenvalue weighted by Gasteiger charge is -2.15. The Bertz CT molecular complexity index is 528. The molecule has 3 heteroatoms. The normalized spacial score (nSPS) is 12.4. The van der Waals surface area contributed by atoms with Crippen molar-refractivity contribution >= 4 is 27.5 Å². The third-order valence-electron chi connectivity index (χ3n) is 3.10. The summed E-state index contributed by atoms with van der Waals surface area (Å²) in [5.74, 6) is 0.611. The first-order valence-electron chi connectivity index (χ1n) is 6.23. The largest absolute Gasteiger partial charge is 0.207 e. The summed E-state index contributed by atoms with van der Waals surface area (Å²) in [6.07, 6.45) is 1.53. The lowest BCUT2D eigenvalue weighted by molar-refractivity contribution is 0.546. The van der Waals surface area contributed by atoms with Crippen LogP contribution in [0.5, 0.6) is 0 Å². The van der Waals surface area contributed by atoms with Gasteiger partial charge in [-0.25, -0.2) is 4.39 Å². The third-order valence-corrected chi connectivity index (χ3v) is 4.03. The standard InChI is InChI=1S/C16H15BrClF/c17-15-6-7-16(19)14(10-15)9-13(11-18)8-12-4-2-1-3-5-12/h1-7,10,13H,8-9,11H2. The first-order chi connectivity index (χ1) is 9.19. The maximum atomic E-state index is 13.7. The molecule has 0 bridgehead atoms. The fourth-order valence-electron chi connectivity index (χ4n) is 2.14. The molecular weight excluding hydrogens is 327 g/mol. The molecule has 0 aliphatic carbocycles. The Morgan fingerprint density at radius 1 is 1.05 bits per heavy atom. The van der Waals surface area contributed by atoms with E-state index in [9.17, 15) is 4.39 Å². The molecule has 0 radical (unpaired) electrons. The Kier molecular flexibility index (Phi) is 5.41. The molecule has 0 nitrogen and oxygen atoms in total. The van der Waals surface area contributed by atoms with Gasteiger partial charge in [0.2, 0.25) is 0 Å². The molecule has 0 heterocycles. The summed E-state index contributed by atoms with van der Waals surface area (Å²) in [5, 5.41) is 0. The molecule has 19 heavy (non-hydrogen) atoms. The molecule has 0 N–H and O–H groups in total. The number of halogens is 3. The molecule has 100 valence electrons. The van der Waals surface area contributed by atoms with Crippen molar-refractivity contribution in [2.45, 2.75) is 12.8 Å². The molecule has 2 aromatic rings. The van der Waals surface area contributed by atoms with Gasteiger partial charge in [0.05, 0.1) is 0 Å². The van der Waals surface area contributed by atoms with Crippen LogP contribution < -0.4 is 0 Å². The van der Waals surface area contributed by atoms with Gasteiger partial charge in [-0.2, -0.15) is 0 Å². The van der Waals surface area contributed by atoms with E-state index in [1.54, 1.807) is 6.07 Å².